The SMILES string of the molecule is CC(NC(=O)CCCCNC(=O)C12CC3CC(CC(C3)C1)C2)C(=O)NC(CCC(=O)O)C(N)=O. The van der Waals surface area contributed by atoms with Crippen LogP contribution in [0.5, 0.6) is 0 Å². The lowest BCUT2D eigenvalue weighted by atomic mass is 9.49. The van der Waals surface area contributed by atoms with Crippen LogP contribution in [0.25, 0.3) is 0 Å². The first-order valence-corrected chi connectivity index (χ1v) is 12.5. The Kier molecular flexibility index (Phi) is 8.54. The first-order valence-electron chi connectivity index (χ1n) is 12.5. The fourth-order valence-corrected chi connectivity index (χ4v) is 6.42. The van der Waals surface area contributed by atoms with Gasteiger partial charge < -0.3 is 26.8 Å². The first kappa shape index (κ1) is 26.0. The van der Waals surface area contributed by atoms with Crippen LogP contribution in [0.2, 0.25) is 0 Å². The lowest BCUT2D eigenvalue weighted by Crippen LogP contribution is -2.53. The highest BCUT2D eigenvalue weighted by molar-refractivity contribution is 5.91. The van der Waals surface area contributed by atoms with Crippen LogP contribution in [0.3, 0.4) is 0 Å². The van der Waals surface area contributed by atoms with Gasteiger partial charge in [-0.3, -0.25) is 24.0 Å². The zero-order chi connectivity index (χ0) is 24.9. The molecule has 0 aromatic rings. The Balaban J connectivity index is 1.31. The Morgan fingerprint density at radius 3 is 2.06 bits per heavy atom. The van der Waals surface area contributed by atoms with E-state index in [2.05, 4.69) is 16.0 Å². The summed E-state index contributed by atoms with van der Waals surface area (Å²) in [4.78, 5) is 59.4. The van der Waals surface area contributed by atoms with Crippen molar-refractivity contribution < 1.29 is 29.1 Å². The molecular weight excluding hydrogens is 440 g/mol. The summed E-state index contributed by atoms with van der Waals surface area (Å²) in [7, 11) is 0. The molecule has 0 aromatic heterocycles. The Labute approximate surface area is 200 Å². The summed E-state index contributed by atoms with van der Waals surface area (Å²) in [5.41, 5.74) is 5.04. The van der Waals surface area contributed by atoms with Crippen molar-refractivity contribution in [1.82, 2.24) is 16.0 Å². The van der Waals surface area contributed by atoms with Crippen molar-refractivity contribution in [2.45, 2.75) is 89.6 Å². The standard InChI is InChI=1S/C24H38N4O6/c1-14(22(33)28-18(21(25)32)5-6-20(30)31)27-19(29)4-2-3-7-26-23(34)24-11-15-8-16(12-24)10-17(9-15)13-24/h14-18H,2-13H2,1H3,(H2,25,32)(H,26,34)(H,27,29)(H,28,33)(H,30,31). The summed E-state index contributed by atoms with van der Waals surface area (Å²) in [6, 6.07) is -2.00. The first-order chi connectivity index (χ1) is 16.1. The largest absolute Gasteiger partial charge is 0.481 e. The number of hydrogen-bond donors (Lipinski definition) is 5. The fourth-order valence-electron chi connectivity index (χ4n) is 6.42. The number of aliphatic carboxylic acids is 1. The number of rotatable bonds is 13. The third kappa shape index (κ3) is 6.70. The zero-order valence-corrected chi connectivity index (χ0v) is 19.9. The molecule has 0 heterocycles. The number of primary amides is 1. The van der Waals surface area contributed by atoms with Crippen LogP contribution in [0.15, 0.2) is 0 Å². The van der Waals surface area contributed by atoms with E-state index in [0.29, 0.717) is 19.4 Å². The quantitative estimate of drug-likeness (QED) is 0.246. The smallest absolute Gasteiger partial charge is 0.303 e. The second kappa shape index (κ2) is 11.2. The molecule has 10 heteroatoms. The van der Waals surface area contributed by atoms with Gasteiger partial charge in [-0.15, -0.1) is 0 Å². The van der Waals surface area contributed by atoms with Crippen molar-refractivity contribution in [2.24, 2.45) is 28.9 Å². The number of amides is 4. The molecule has 4 aliphatic rings. The van der Waals surface area contributed by atoms with Gasteiger partial charge in [-0.05, 0) is 82.5 Å². The van der Waals surface area contributed by atoms with Gasteiger partial charge in [0.15, 0.2) is 0 Å². The Morgan fingerprint density at radius 2 is 1.53 bits per heavy atom. The van der Waals surface area contributed by atoms with Gasteiger partial charge in [0.1, 0.15) is 12.1 Å². The van der Waals surface area contributed by atoms with Crippen LogP contribution < -0.4 is 21.7 Å². The number of nitrogens with two attached hydrogens (primary N) is 1. The van der Waals surface area contributed by atoms with E-state index in [9.17, 15) is 24.0 Å². The molecule has 6 N–H and O–H groups in total. The molecule has 2 unspecified atom stereocenters. The van der Waals surface area contributed by atoms with Crippen molar-refractivity contribution in [2.75, 3.05) is 6.54 Å². The molecule has 10 nitrogen and oxygen atoms in total. The summed E-state index contributed by atoms with van der Waals surface area (Å²) < 4.78 is 0. The molecule has 4 fully saturated rings. The van der Waals surface area contributed by atoms with Gasteiger partial charge >= 0.3 is 5.97 Å². The average molecular weight is 479 g/mol. The predicted molar refractivity (Wildman–Crippen MR) is 123 cm³/mol. The van der Waals surface area contributed by atoms with Crippen molar-refractivity contribution in [3.63, 3.8) is 0 Å². The molecule has 34 heavy (non-hydrogen) atoms. The Hall–Kier alpha value is -2.65. The normalized spacial score (nSPS) is 28.6. The summed E-state index contributed by atoms with van der Waals surface area (Å²) in [6.07, 6.45) is 8.00. The molecule has 0 aromatic carbocycles. The molecule has 4 saturated carbocycles. The molecule has 4 bridgehead atoms. The molecule has 4 aliphatic carbocycles. The van der Waals surface area contributed by atoms with E-state index in [-0.39, 0.29) is 36.5 Å². The monoisotopic (exact) mass is 478 g/mol. The van der Waals surface area contributed by atoms with E-state index in [4.69, 9.17) is 10.8 Å². The van der Waals surface area contributed by atoms with Crippen LogP contribution in [-0.2, 0) is 24.0 Å². The van der Waals surface area contributed by atoms with Crippen LogP contribution in [-0.4, -0.2) is 53.3 Å². The van der Waals surface area contributed by atoms with Crippen molar-refractivity contribution in [3.8, 4) is 0 Å². The van der Waals surface area contributed by atoms with Crippen molar-refractivity contribution in [3.05, 3.63) is 0 Å². The van der Waals surface area contributed by atoms with E-state index in [1.165, 1.54) is 26.2 Å². The summed E-state index contributed by atoms with van der Waals surface area (Å²) in [6.45, 7) is 2.02. The summed E-state index contributed by atoms with van der Waals surface area (Å²) in [5.74, 6) is -0.504. The summed E-state index contributed by atoms with van der Waals surface area (Å²) in [5, 5.41) is 16.8. The minimum absolute atomic E-state index is 0.119. The van der Waals surface area contributed by atoms with Gasteiger partial charge in [-0.2, -0.15) is 0 Å². The third-order valence-electron chi connectivity index (χ3n) is 7.71. The highest BCUT2D eigenvalue weighted by Gasteiger charge is 2.54. The van der Waals surface area contributed by atoms with E-state index in [0.717, 1.165) is 37.0 Å². The predicted octanol–water partition coefficient (Wildman–Crippen LogP) is 0.829. The van der Waals surface area contributed by atoms with E-state index in [1.54, 1.807) is 0 Å². The minimum Gasteiger partial charge on any atom is -0.481 e. The molecule has 0 saturated heterocycles. The number of nitrogens with one attached hydrogen (secondary N) is 3. The fraction of sp³-hybridized carbons (Fsp3) is 0.792. The van der Waals surface area contributed by atoms with Gasteiger partial charge in [0.25, 0.3) is 0 Å². The second-order valence-corrected chi connectivity index (χ2v) is 10.6. The second-order valence-electron chi connectivity index (χ2n) is 10.6. The molecule has 4 rings (SSSR count). The Morgan fingerprint density at radius 1 is 0.941 bits per heavy atom. The van der Waals surface area contributed by atoms with Crippen LogP contribution in [0.1, 0.15) is 77.6 Å². The van der Waals surface area contributed by atoms with Gasteiger partial charge in [0.05, 0.1) is 0 Å². The molecule has 190 valence electrons. The van der Waals surface area contributed by atoms with Crippen LogP contribution in [0, 0.1) is 23.2 Å². The topological polar surface area (TPSA) is 168 Å². The van der Waals surface area contributed by atoms with Gasteiger partial charge in [0, 0.05) is 24.8 Å². The lowest BCUT2D eigenvalue weighted by molar-refractivity contribution is -0.146. The molecule has 0 radical (unpaired) electrons. The number of hydrogen-bond acceptors (Lipinski definition) is 5. The Bertz CT molecular complexity index is 778. The average Bonchev–Trinajstić information content (AvgIpc) is 2.74. The molecule has 4 amide bonds. The number of carboxylic acid groups (broad SMARTS) is 1. The van der Waals surface area contributed by atoms with E-state index >= 15 is 0 Å². The summed E-state index contributed by atoms with van der Waals surface area (Å²) >= 11 is 0. The van der Waals surface area contributed by atoms with Crippen LogP contribution >= 0.6 is 0 Å². The molecule has 0 spiro atoms. The highest BCUT2D eigenvalue weighted by Crippen LogP contribution is 2.60. The number of carboxylic acids is 1. The van der Waals surface area contributed by atoms with E-state index < -0.39 is 29.9 Å². The number of carbonyl (C=O) groups is 5. The van der Waals surface area contributed by atoms with E-state index in [1.807, 2.05) is 0 Å². The van der Waals surface area contributed by atoms with Crippen LogP contribution in [0.4, 0.5) is 0 Å². The molecule has 2 atom stereocenters. The van der Waals surface area contributed by atoms with Gasteiger partial charge in [-0.25, -0.2) is 0 Å². The highest BCUT2D eigenvalue weighted by atomic mass is 16.4. The zero-order valence-electron chi connectivity index (χ0n) is 19.9. The van der Waals surface area contributed by atoms with Crippen molar-refractivity contribution >= 4 is 29.6 Å². The molecule has 0 aliphatic heterocycles. The maximum Gasteiger partial charge on any atom is 0.303 e. The number of carbonyl (C=O) groups excluding carboxylic acids is 4. The van der Waals surface area contributed by atoms with Gasteiger partial charge in [0.2, 0.25) is 23.6 Å². The maximum absolute atomic E-state index is 12.9. The van der Waals surface area contributed by atoms with Gasteiger partial charge in [-0.1, -0.05) is 0 Å². The van der Waals surface area contributed by atoms with Crippen molar-refractivity contribution in [1.29, 1.82) is 0 Å². The number of unbranched alkanes of at least 4 members (excludes halogenated alkanes) is 1. The lowest BCUT2D eigenvalue weighted by Gasteiger charge is -2.55. The minimum atomic E-state index is -1.11. The third-order valence-corrected chi connectivity index (χ3v) is 7.71. The molecular formula is C24H38N4O6. The maximum atomic E-state index is 12.9.